The van der Waals surface area contributed by atoms with Crippen LogP contribution in [0.4, 0.5) is 0 Å². The summed E-state index contributed by atoms with van der Waals surface area (Å²) in [6.45, 7) is 2.39. The second-order valence-electron chi connectivity index (χ2n) is 11.7. The van der Waals surface area contributed by atoms with Crippen LogP contribution in [-0.2, 0) is 14.3 Å². The van der Waals surface area contributed by atoms with Crippen LogP contribution in [-0.4, -0.2) is 17.4 Å². The summed E-state index contributed by atoms with van der Waals surface area (Å²) >= 11 is 0. The molecule has 0 amide bonds. The Morgan fingerprint density at radius 2 is 1.90 bits per heavy atom. The fourth-order valence-corrected chi connectivity index (χ4v) is 10.1. The third-order valence-electron chi connectivity index (χ3n) is 11.1. The average molecular weight is 395 g/mol. The standard InChI is InChI=1S/C26H34O3/c1-2-25-9-7-18-17-6-5-16(27)11-15(17)12-19(14-3-4-14)23(18)24(25)20-13-21(20)26(25)10-8-22(28)29-26/h11,14,17-21,23-24H,2-10,12-13H2,1H3/t17-,18?,19+,20-,21+,23?,24?,25-,26-/m0/s1. The highest BCUT2D eigenvalue weighted by Gasteiger charge is 2.80. The lowest BCUT2D eigenvalue weighted by Gasteiger charge is -2.60. The number of carbonyl (C=O) groups is 2. The van der Waals surface area contributed by atoms with Crippen LogP contribution < -0.4 is 0 Å². The lowest BCUT2D eigenvalue weighted by Crippen LogP contribution is -2.58. The Kier molecular flexibility index (Phi) is 3.37. The van der Waals surface area contributed by atoms with Gasteiger partial charge < -0.3 is 4.74 Å². The molecule has 29 heavy (non-hydrogen) atoms. The monoisotopic (exact) mass is 394 g/mol. The van der Waals surface area contributed by atoms with Gasteiger partial charge in [-0.05, 0) is 105 Å². The number of rotatable bonds is 2. The van der Waals surface area contributed by atoms with Crippen molar-refractivity contribution >= 4 is 11.8 Å². The molecule has 6 aliphatic carbocycles. The van der Waals surface area contributed by atoms with Crippen LogP contribution >= 0.6 is 0 Å². The van der Waals surface area contributed by atoms with Crippen LogP contribution in [0, 0.1) is 52.8 Å². The number of fused-ring (bicyclic) bond motifs is 9. The van der Waals surface area contributed by atoms with Crippen molar-refractivity contribution in [3.8, 4) is 0 Å². The molecule has 7 aliphatic rings. The van der Waals surface area contributed by atoms with Gasteiger partial charge in [0.1, 0.15) is 5.60 Å². The molecule has 156 valence electrons. The Balaban J connectivity index is 1.33. The summed E-state index contributed by atoms with van der Waals surface area (Å²) in [7, 11) is 0. The Morgan fingerprint density at radius 1 is 1.03 bits per heavy atom. The van der Waals surface area contributed by atoms with Gasteiger partial charge in [0.25, 0.3) is 0 Å². The van der Waals surface area contributed by atoms with Gasteiger partial charge in [-0.15, -0.1) is 0 Å². The molecule has 5 saturated carbocycles. The van der Waals surface area contributed by atoms with Crippen LogP contribution in [0.3, 0.4) is 0 Å². The predicted molar refractivity (Wildman–Crippen MR) is 109 cm³/mol. The number of allylic oxidation sites excluding steroid dienone is 1. The minimum absolute atomic E-state index is 0.0737. The molecule has 9 atom stereocenters. The highest BCUT2D eigenvalue weighted by Crippen LogP contribution is 2.80. The zero-order valence-electron chi connectivity index (χ0n) is 17.7. The molecule has 0 aromatic carbocycles. The Hall–Kier alpha value is -1.12. The summed E-state index contributed by atoms with van der Waals surface area (Å²) in [6.07, 6.45) is 14.6. The molecule has 1 heterocycles. The molecule has 0 bridgehead atoms. The molecule has 3 unspecified atom stereocenters. The molecule has 0 aromatic heterocycles. The van der Waals surface area contributed by atoms with E-state index in [2.05, 4.69) is 13.0 Å². The van der Waals surface area contributed by atoms with E-state index in [4.69, 9.17) is 4.74 Å². The fraction of sp³-hybridized carbons (Fsp3) is 0.846. The number of hydrogen-bond acceptors (Lipinski definition) is 3. The molecule has 0 aromatic rings. The lowest BCUT2D eigenvalue weighted by molar-refractivity contribution is -0.183. The maximum atomic E-state index is 12.3. The molecule has 0 radical (unpaired) electrons. The van der Waals surface area contributed by atoms with Gasteiger partial charge in [0.2, 0.25) is 0 Å². The van der Waals surface area contributed by atoms with Crippen molar-refractivity contribution < 1.29 is 14.3 Å². The van der Waals surface area contributed by atoms with E-state index in [1.165, 1.54) is 50.5 Å². The second-order valence-corrected chi connectivity index (χ2v) is 11.7. The molecule has 7 rings (SSSR count). The Bertz CT molecular complexity index is 824. The zero-order chi connectivity index (χ0) is 19.5. The van der Waals surface area contributed by atoms with Gasteiger partial charge in [0.05, 0.1) is 0 Å². The topological polar surface area (TPSA) is 43.4 Å². The molecule has 1 aliphatic heterocycles. The highest BCUT2D eigenvalue weighted by atomic mass is 16.6. The van der Waals surface area contributed by atoms with E-state index in [1.807, 2.05) is 0 Å². The van der Waals surface area contributed by atoms with Crippen LogP contribution in [0.2, 0.25) is 0 Å². The first-order valence-corrected chi connectivity index (χ1v) is 12.5. The molecule has 3 heteroatoms. The van der Waals surface area contributed by atoms with E-state index in [0.29, 0.717) is 24.0 Å². The molecule has 6 fully saturated rings. The molecule has 1 spiro atoms. The molecular formula is C26H34O3. The molecule has 1 saturated heterocycles. The number of ketones is 1. The van der Waals surface area contributed by atoms with Crippen molar-refractivity contribution in [3.63, 3.8) is 0 Å². The predicted octanol–water partition coefficient (Wildman–Crippen LogP) is 5.09. The first-order chi connectivity index (χ1) is 14.1. The van der Waals surface area contributed by atoms with E-state index < -0.39 is 0 Å². The van der Waals surface area contributed by atoms with Crippen molar-refractivity contribution in [3.05, 3.63) is 11.6 Å². The second kappa shape index (κ2) is 5.56. The van der Waals surface area contributed by atoms with Gasteiger partial charge in [-0.2, -0.15) is 0 Å². The van der Waals surface area contributed by atoms with Crippen molar-refractivity contribution in [1.29, 1.82) is 0 Å². The summed E-state index contributed by atoms with van der Waals surface area (Å²) in [4.78, 5) is 24.5. The maximum absolute atomic E-state index is 12.3. The third-order valence-corrected chi connectivity index (χ3v) is 11.1. The zero-order valence-corrected chi connectivity index (χ0v) is 17.7. The van der Waals surface area contributed by atoms with Gasteiger partial charge in [0, 0.05) is 24.2 Å². The lowest BCUT2D eigenvalue weighted by atomic mass is 9.45. The van der Waals surface area contributed by atoms with Crippen LogP contribution in [0.25, 0.3) is 0 Å². The summed E-state index contributed by atoms with van der Waals surface area (Å²) < 4.78 is 6.34. The number of ether oxygens (including phenoxy) is 1. The van der Waals surface area contributed by atoms with E-state index in [9.17, 15) is 9.59 Å². The van der Waals surface area contributed by atoms with Crippen LogP contribution in [0.1, 0.15) is 77.6 Å². The normalized spacial score (nSPS) is 54.9. The quantitative estimate of drug-likeness (QED) is 0.613. The average Bonchev–Trinajstić information content (AvgIpc) is 3.64. The summed E-state index contributed by atoms with van der Waals surface area (Å²) in [5.74, 6) is 6.65. The van der Waals surface area contributed by atoms with Crippen molar-refractivity contribution in [2.75, 3.05) is 0 Å². The largest absolute Gasteiger partial charge is 0.458 e. The molecule has 3 nitrogen and oxygen atoms in total. The maximum Gasteiger partial charge on any atom is 0.306 e. The number of hydrogen-bond donors (Lipinski definition) is 0. The van der Waals surface area contributed by atoms with E-state index in [-0.39, 0.29) is 17.0 Å². The first-order valence-electron chi connectivity index (χ1n) is 12.5. The highest BCUT2D eigenvalue weighted by molar-refractivity contribution is 5.91. The van der Waals surface area contributed by atoms with Gasteiger partial charge in [-0.3, -0.25) is 9.59 Å². The number of esters is 1. The Morgan fingerprint density at radius 3 is 2.62 bits per heavy atom. The van der Waals surface area contributed by atoms with Crippen molar-refractivity contribution in [1.82, 2.24) is 0 Å². The van der Waals surface area contributed by atoms with Gasteiger partial charge in [-0.25, -0.2) is 0 Å². The minimum Gasteiger partial charge on any atom is -0.458 e. The van der Waals surface area contributed by atoms with Crippen LogP contribution in [0.15, 0.2) is 11.6 Å². The smallest absolute Gasteiger partial charge is 0.306 e. The summed E-state index contributed by atoms with van der Waals surface area (Å²) in [6, 6.07) is 0. The van der Waals surface area contributed by atoms with Gasteiger partial charge in [0.15, 0.2) is 5.78 Å². The van der Waals surface area contributed by atoms with Crippen LogP contribution in [0.5, 0.6) is 0 Å². The summed E-state index contributed by atoms with van der Waals surface area (Å²) in [5.41, 5.74) is 1.65. The number of carbonyl (C=O) groups excluding carboxylic acids is 2. The minimum atomic E-state index is -0.119. The SMILES string of the molecule is CC[C@]12CCC3C(C1[C@H]1C[C@H]1[C@@]21CCC(=O)O1)[C@@H](C1CC1)CC1=CC(=O)CC[C@@H]13. The van der Waals surface area contributed by atoms with Gasteiger partial charge in [-0.1, -0.05) is 12.5 Å². The molecule has 0 N–H and O–H groups in total. The van der Waals surface area contributed by atoms with E-state index in [1.54, 1.807) is 0 Å². The first kappa shape index (κ1) is 17.5. The van der Waals surface area contributed by atoms with E-state index in [0.717, 1.165) is 54.8 Å². The van der Waals surface area contributed by atoms with Crippen molar-refractivity contribution in [2.45, 2.75) is 83.2 Å². The fourth-order valence-electron chi connectivity index (χ4n) is 10.1. The summed E-state index contributed by atoms with van der Waals surface area (Å²) in [5, 5.41) is 0. The van der Waals surface area contributed by atoms with Gasteiger partial charge >= 0.3 is 5.97 Å². The third kappa shape index (κ3) is 2.06. The molecular weight excluding hydrogens is 360 g/mol. The Labute approximate surface area is 174 Å². The van der Waals surface area contributed by atoms with E-state index >= 15 is 0 Å². The van der Waals surface area contributed by atoms with Crippen molar-refractivity contribution in [2.24, 2.45) is 52.8 Å².